The summed E-state index contributed by atoms with van der Waals surface area (Å²) in [4.78, 5) is 2.46. The zero-order valence-electron chi connectivity index (χ0n) is 34.4. The first kappa shape index (κ1) is 35.9. The van der Waals surface area contributed by atoms with Crippen LogP contribution in [0, 0.1) is 0 Å². The fraction of sp³-hybridized carbons (Fsp3) is 0.0164. The molecule has 1 heterocycles. The Morgan fingerprint density at radius 3 is 1.60 bits per heavy atom. The molecule has 1 spiro atoms. The van der Waals surface area contributed by atoms with Crippen LogP contribution in [0.15, 0.2) is 237 Å². The third-order valence-electron chi connectivity index (χ3n) is 13.5. The lowest BCUT2D eigenvalue weighted by molar-refractivity contribution is 0.776. The molecule has 0 aliphatic heterocycles. The highest BCUT2D eigenvalue weighted by Gasteiger charge is 2.50. The average Bonchev–Trinajstić information content (AvgIpc) is 3.85. The molecule has 1 unspecified atom stereocenters. The first-order valence-corrected chi connectivity index (χ1v) is 22.6. The summed E-state index contributed by atoms with van der Waals surface area (Å²) in [5, 5.41) is 2.69. The summed E-state index contributed by atoms with van der Waals surface area (Å²) >= 11 is 1.90. The second kappa shape index (κ2) is 14.1. The summed E-state index contributed by atoms with van der Waals surface area (Å²) < 4.78 is 2.65. The molecule has 2 aliphatic carbocycles. The van der Waals surface area contributed by atoms with Gasteiger partial charge in [0, 0.05) is 37.1 Å². The van der Waals surface area contributed by atoms with Crippen molar-refractivity contribution in [1.82, 2.24) is 0 Å². The van der Waals surface area contributed by atoms with Crippen molar-refractivity contribution in [2.45, 2.75) is 5.41 Å². The Bertz CT molecular complexity index is 3570. The molecule has 0 fully saturated rings. The summed E-state index contributed by atoms with van der Waals surface area (Å²) in [6.45, 7) is 0. The highest BCUT2D eigenvalue weighted by Crippen LogP contribution is 2.63. The standard InChI is InChI=1S/C61H39NS/c1-3-17-40(18-4-1)41-31-33-43(34-32-41)62(56-29-15-11-21-45(56)42-19-5-2-6-20-42)44-35-36-54-51(39-44)47-23-8-7-22-46(47)48-24-9-13-27-52(48)61(54)53-28-14-10-25-49(53)59-55(61)37-38-58-60(59)50-26-12-16-30-57(50)63-58/h1-39H. The van der Waals surface area contributed by atoms with Crippen molar-refractivity contribution in [2.75, 3.05) is 4.90 Å². The van der Waals surface area contributed by atoms with Gasteiger partial charge in [0.15, 0.2) is 0 Å². The van der Waals surface area contributed by atoms with E-state index in [-0.39, 0.29) is 0 Å². The quantitative estimate of drug-likeness (QED) is 0.167. The summed E-state index contributed by atoms with van der Waals surface area (Å²) in [7, 11) is 0. The summed E-state index contributed by atoms with van der Waals surface area (Å²) in [6.07, 6.45) is 0. The van der Waals surface area contributed by atoms with Crippen LogP contribution < -0.4 is 4.90 Å². The zero-order valence-corrected chi connectivity index (χ0v) is 35.2. The topological polar surface area (TPSA) is 3.24 Å². The third-order valence-corrected chi connectivity index (χ3v) is 14.7. The van der Waals surface area contributed by atoms with Crippen LogP contribution in [0.25, 0.3) is 75.8 Å². The molecule has 11 aromatic rings. The van der Waals surface area contributed by atoms with Gasteiger partial charge in [0.25, 0.3) is 0 Å². The first-order chi connectivity index (χ1) is 31.3. The molecule has 1 atom stereocenters. The number of fused-ring (bicyclic) bond motifs is 16. The second-order valence-electron chi connectivity index (χ2n) is 16.7. The van der Waals surface area contributed by atoms with Crippen LogP contribution in [0.1, 0.15) is 22.3 Å². The highest BCUT2D eigenvalue weighted by atomic mass is 32.1. The van der Waals surface area contributed by atoms with Gasteiger partial charge < -0.3 is 4.90 Å². The van der Waals surface area contributed by atoms with Crippen LogP contribution in [0.4, 0.5) is 17.1 Å². The number of para-hydroxylation sites is 1. The lowest BCUT2D eigenvalue weighted by Crippen LogP contribution is -2.29. The Morgan fingerprint density at radius 2 is 0.841 bits per heavy atom. The van der Waals surface area contributed by atoms with Crippen molar-refractivity contribution in [3.05, 3.63) is 259 Å². The normalized spacial score (nSPS) is 14.4. The molecular formula is C61H39NS. The molecule has 0 amide bonds. The van der Waals surface area contributed by atoms with Crippen LogP contribution in [-0.4, -0.2) is 0 Å². The van der Waals surface area contributed by atoms with Crippen molar-refractivity contribution < 1.29 is 0 Å². The molecular weight excluding hydrogens is 779 g/mol. The minimum Gasteiger partial charge on any atom is -0.310 e. The van der Waals surface area contributed by atoms with Crippen molar-refractivity contribution in [1.29, 1.82) is 0 Å². The van der Waals surface area contributed by atoms with Crippen molar-refractivity contribution >= 4 is 48.6 Å². The van der Waals surface area contributed by atoms with E-state index >= 15 is 0 Å². The molecule has 2 aliphatic rings. The molecule has 0 bridgehead atoms. The molecule has 0 saturated heterocycles. The summed E-state index contributed by atoms with van der Waals surface area (Å²) in [5.74, 6) is 0. The second-order valence-corrected chi connectivity index (χ2v) is 17.8. The van der Waals surface area contributed by atoms with E-state index in [4.69, 9.17) is 0 Å². The number of thiophene rings is 1. The minimum absolute atomic E-state index is 0.587. The third kappa shape index (κ3) is 5.29. The Labute approximate surface area is 371 Å². The van der Waals surface area contributed by atoms with E-state index in [2.05, 4.69) is 241 Å². The molecule has 0 saturated carbocycles. The van der Waals surface area contributed by atoms with Gasteiger partial charge in [-0.3, -0.25) is 0 Å². The van der Waals surface area contributed by atoms with Gasteiger partial charge in [0.05, 0.1) is 11.1 Å². The minimum atomic E-state index is -0.587. The molecule has 0 radical (unpaired) electrons. The van der Waals surface area contributed by atoms with E-state index in [9.17, 15) is 0 Å². The maximum absolute atomic E-state index is 2.48. The number of anilines is 3. The highest BCUT2D eigenvalue weighted by molar-refractivity contribution is 7.26. The van der Waals surface area contributed by atoms with E-state index in [1.165, 1.54) is 98.1 Å². The number of rotatable bonds is 5. The van der Waals surface area contributed by atoms with E-state index in [1.54, 1.807) is 0 Å². The summed E-state index contributed by atoms with van der Waals surface area (Å²) in [6, 6.07) is 87.9. The molecule has 1 nitrogen and oxygen atoms in total. The Balaban J connectivity index is 1.12. The van der Waals surface area contributed by atoms with Crippen molar-refractivity contribution in [3.8, 4) is 55.6 Å². The first-order valence-electron chi connectivity index (χ1n) is 21.8. The van der Waals surface area contributed by atoms with E-state index in [0.29, 0.717) is 0 Å². The number of benzene rings is 10. The van der Waals surface area contributed by atoms with Gasteiger partial charge in [-0.1, -0.05) is 194 Å². The fourth-order valence-corrected chi connectivity index (χ4v) is 12.0. The van der Waals surface area contributed by atoms with Gasteiger partial charge in [-0.2, -0.15) is 0 Å². The predicted molar refractivity (Wildman–Crippen MR) is 267 cm³/mol. The number of hydrogen-bond donors (Lipinski definition) is 0. The van der Waals surface area contributed by atoms with E-state index in [0.717, 1.165) is 17.1 Å². The number of nitrogens with zero attached hydrogens (tertiary/aromatic N) is 1. The smallest absolute Gasteiger partial charge is 0.0725 e. The zero-order chi connectivity index (χ0) is 41.5. The monoisotopic (exact) mass is 817 g/mol. The molecule has 13 rings (SSSR count). The van der Waals surface area contributed by atoms with Gasteiger partial charge >= 0.3 is 0 Å². The van der Waals surface area contributed by atoms with Crippen LogP contribution in [0.3, 0.4) is 0 Å². The Hall–Kier alpha value is -7.78. The molecule has 10 aromatic carbocycles. The molecule has 1 aromatic heterocycles. The van der Waals surface area contributed by atoms with Crippen molar-refractivity contribution in [2.24, 2.45) is 0 Å². The van der Waals surface area contributed by atoms with E-state index in [1.807, 2.05) is 11.3 Å². The van der Waals surface area contributed by atoms with Crippen LogP contribution in [0.5, 0.6) is 0 Å². The Kier molecular flexibility index (Phi) is 8.06. The maximum atomic E-state index is 2.48. The molecule has 0 N–H and O–H groups in total. The maximum Gasteiger partial charge on any atom is 0.0725 e. The molecule has 2 heteroatoms. The van der Waals surface area contributed by atoms with Gasteiger partial charge in [-0.25, -0.2) is 0 Å². The van der Waals surface area contributed by atoms with Gasteiger partial charge in [-0.15, -0.1) is 11.3 Å². The molecule has 294 valence electrons. The lowest BCUT2D eigenvalue weighted by atomic mass is 9.66. The Morgan fingerprint density at radius 1 is 0.317 bits per heavy atom. The average molecular weight is 818 g/mol. The predicted octanol–water partition coefficient (Wildman–Crippen LogP) is 16.9. The lowest BCUT2D eigenvalue weighted by Gasteiger charge is -2.36. The number of hydrogen-bond acceptors (Lipinski definition) is 2. The van der Waals surface area contributed by atoms with E-state index < -0.39 is 5.41 Å². The SMILES string of the molecule is c1ccc(-c2ccc(N(c3ccc4c(c3)-c3ccccc3-c3ccccc3C43c4ccccc4-c4c3ccc3sc5ccccc5c43)c3ccccc3-c3ccccc3)cc2)cc1. The van der Waals surface area contributed by atoms with Crippen LogP contribution in [0.2, 0.25) is 0 Å². The van der Waals surface area contributed by atoms with Gasteiger partial charge in [-0.05, 0) is 115 Å². The molecule has 63 heavy (non-hydrogen) atoms. The van der Waals surface area contributed by atoms with Gasteiger partial charge in [0.2, 0.25) is 0 Å². The summed E-state index contributed by atoms with van der Waals surface area (Å²) in [5.41, 5.74) is 20.4. The van der Waals surface area contributed by atoms with Crippen LogP contribution in [-0.2, 0) is 5.41 Å². The van der Waals surface area contributed by atoms with Gasteiger partial charge in [0.1, 0.15) is 0 Å². The van der Waals surface area contributed by atoms with Crippen molar-refractivity contribution in [3.63, 3.8) is 0 Å². The van der Waals surface area contributed by atoms with Crippen LogP contribution >= 0.6 is 11.3 Å². The fourth-order valence-electron chi connectivity index (χ4n) is 10.9. The largest absolute Gasteiger partial charge is 0.310 e.